The van der Waals surface area contributed by atoms with Gasteiger partial charge in [0.1, 0.15) is 5.75 Å². The molecule has 7 heteroatoms. The molecule has 0 unspecified atom stereocenters. The summed E-state index contributed by atoms with van der Waals surface area (Å²) in [6.07, 6.45) is 1.98. The monoisotopic (exact) mass is 362 g/mol. The minimum absolute atomic E-state index is 0.111. The van der Waals surface area contributed by atoms with Crippen LogP contribution in [-0.4, -0.2) is 27.7 Å². The fourth-order valence-electron chi connectivity index (χ4n) is 2.41. The fraction of sp³-hybridized carbons (Fsp3) is 0.278. The van der Waals surface area contributed by atoms with E-state index in [2.05, 4.69) is 10.0 Å². The number of carbonyl (C=O) groups is 1. The van der Waals surface area contributed by atoms with Crippen LogP contribution in [0, 0.1) is 0 Å². The van der Waals surface area contributed by atoms with Crippen molar-refractivity contribution in [2.24, 2.45) is 0 Å². The Hall–Kier alpha value is -2.54. The van der Waals surface area contributed by atoms with Crippen LogP contribution in [0.2, 0.25) is 0 Å². The van der Waals surface area contributed by atoms with Crippen LogP contribution in [0.25, 0.3) is 0 Å². The number of hydrogen-bond donors (Lipinski definition) is 2. The number of methoxy groups -OCH3 is 1. The van der Waals surface area contributed by atoms with E-state index in [1.54, 1.807) is 31.4 Å². The van der Waals surface area contributed by atoms with E-state index in [9.17, 15) is 13.2 Å². The maximum Gasteiger partial charge on any atom is 0.229 e. The van der Waals surface area contributed by atoms with Gasteiger partial charge in [-0.25, -0.2) is 8.42 Å². The predicted octanol–water partition coefficient (Wildman–Crippen LogP) is 2.32. The van der Waals surface area contributed by atoms with E-state index >= 15 is 0 Å². The van der Waals surface area contributed by atoms with Gasteiger partial charge >= 0.3 is 0 Å². The van der Waals surface area contributed by atoms with E-state index in [0.717, 1.165) is 17.6 Å². The summed E-state index contributed by atoms with van der Waals surface area (Å²) in [7, 11) is -1.77. The van der Waals surface area contributed by atoms with Crippen molar-refractivity contribution in [2.75, 3.05) is 18.1 Å². The highest BCUT2D eigenvalue weighted by atomic mass is 32.2. The molecule has 0 spiro atoms. The van der Waals surface area contributed by atoms with Gasteiger partial charge in [-0.15, -0.1) is 0 Å². The molecule has 2 N–H and O–H groups in total. The van der Waals surface area contributed by atoms with Crippen molar-refractivity contribution >= 4 is 21.6 Å². The Morgan fingerprint density at radius 3 is 2.36 bits per heavy atom. The molecule has 2 rings (SSSR count). The molecule has 0 aliphatic heterocycles. The molecule has 0 heterocycles. The molecule has 25 heavy (non-hydrogen) atoms. The Bertz CT molecular complexity index is 834. The maximum absolute atomic E-state index is 12.1. The Balaban J connectivity index is 1.92. The van der Waals surface area contributed by atoms with Crippen molar-refractivity contribution in [3.05, 3.63) is 59.7 Å². The number of sulfonamides is 1. The van der Waals surface area contributed by atoms with E-state index in [-0.39, 0.29) is 12.5 Å². The summed E-state index contributed by atoms with van der Waals surface area (Å²) in [5.74, 6) is 0.651. The van der Waals surface area contributed by atoms with Gasteiger partial charge in [-0.3, -0.25) is 9.52 Å². The van der Waals surface area contributed by atoms with Crippen molar-refractivity contribution in [1.29, 1.82) is 0 Å². The largest absolute Gasteiger partial charge is 0.496 e. The molecular formula is C18H22N2O4S. The number of anilines is 1. The van der Waals surface area contributed by atoms with Gasteiger partial charge in [-0.05, 0) is 29.7 Å². The van der Waals surface area contributed by atoms with Crippen LogP contribution in [0.1, 0.15) is 17.5 Å². The molecule has 0 radical (unpaired) electrons. The highest BCUT2D eigenvalue weighted by Gasteiger charge is 2.09. The zero-order valence-corrected chi connectivity index (χ0v) is 15.1. The fourth-order valence-corrected chi connectivity index (χ4v) is 3.01. The Morgan fingerprint density at radius 2 is 1.68 bits per heavy atom. The van der Waals surface area contributed by atoms with Crippen LogP contribution in [0.3, 0.4) is 0 Å². The van der Waals surface area contributed by atoms with Crippen molar-refractivity contribution in [3.63, 3.8) is 0 Å². The Kier molecular flexibility index (Phi) is 6.41. The van der Waals surface area contributed by atoms with Gasteiger partial charge in [0.15, 0.2) is 0 Å². The van der Waals surface area contributed by atoms with Crippen molar-refractivity contribution in [1.82, 2.24) is 5.32 Å². The predicted molar refractivity (Wildman–Crippen MR) is 98.1 cm³/mol. The normalized spacial score (nSPS) is 11.0. The average Bonchev–Trinajstić information content (AvgIpc) is 2.58. The molecule has 1 amide bonds. The van der Waals surface area contributed by atoms with E-state index < -0.39 is 10.0 Å². The summed E-state index contributed by atoms with van der Waals surface area (Å²) < 4.78 is 30.5. The topological polar surface area (TPSA) is 84.5 Å². The zero-order chi connectivity index (χ0) is 18.3. The van der Waals surface area contributed by atoms with E-state index in [4.69, 9.17) is 4.74 Å². The van der Waals surface area contributed by atoms with Crippen LogP contribution >= 0.6 is 0 Å². The first-order valence-corrected chi connectivity index (χ1v) is 9.72. The summed E-state index contributed by atoms with van der Waals surface area (Å²) >= 11 is 0. The molecule has 0 aromatic heterocycles. The molecule has 2 aromatic rings. The quantitative estimate of drug-likeness (QED) is 0.755. The first kappa shape index (κ1) is 18.8. The first-order valence-electron chi connectivity index (χ1n) is 7.83. The summed E-state index contributed by atoms with van der Waals surface area (Å²) in [4.78, 5) is 12.1. The third-order valence-corrected chi connectivity index (χ3v) is 4.19. The SMILES string of the molecule is COc1ccccc1CCC(=O)NCc1ccccc1NS(C)(=O)=O. The third kappa shape index (κ3) is 6.11. The first-order chi connectivity index (χ1) is 11.9. The molecule has 0 fully saturated rings. The number of carbonyl (C=O) groups excluding carboxylic acids is 1. The molecule has 134 valence electrons. The number of nitrogens with one attached hydrogen (secondary N) is 2. The van der Waals surface area contributed by atoms with Crippen molar-refractivity contribution in [3.8, 4) is 5.75 Å². The minimum atomic E-state index is -3.37. The summed E-state index contributed by atoms with van der Waals surface area (Å²) in [6, 6.07) is 14.5. The lowest BCUT2D eigenvalue weighted by atomic mass is 10.1. The van der Waals surface area contributed by atoms with Gasteiger partial charge in [0, 0.05) is 13.0 Å². The molecule has 0 aliphatic carbocycles. The number of rotatable bonds is 8. The van der Waals surface area contributed by atoms with Gasteiger partial charge in [-0.1, -0.05) is 36.4 Å². The number of amides is 1. The van der Waals surface area contributed by atoms with Crippen molar-refractivity contribution < 1.29 is 17.9 Å². The molecule has 2 aromatic carbocycles. The summed E-state index contributed by atoms with van der Waals surface area (Å²) in [6.45, 7) is 0.253. The maximum atomic E-state index is 12.1. The second-order valence-electron chi connectivity index (χ2n) is 5.62. The standard InChI is InChI=1S/C18H22N2O4S/c1-24-17-10-6-4-7-14(17)11-12-18(21)19-13-15-8-3-5-9-16(15)20-25(2,22)23/h3-10,20H,11-13H2,1-2H3,(H,19,21). The molecule has 6 nitrogen and oxygen atoms in total. The van der Waals surface area contributed by atoms with Crippen LogP contribution in [0.5, 0.6) is 5.75 Å². The molecule has 0 atom stereocenters. The second kappa shape index (κ2) is 8.53. The average molecular weight is 362 g/mol. The smallest absolute Gasteiger partial charge is 0.229 e. The number of hydrogen-bond acceptors (Lipinski definition) is 4. The van der Waals surface area contributed by atoms with Crippen LogP contribution in [0.15, 0.2) is 48.5 Å². The van der Waals surface area contributed by atoms with Gasteiger partial charge < -0.3 is 10.1 Å². The van der Waals surface area contributed by atoms with E-state index in [1.807, 2.05) is 24.3 Å². The number of benzene rings is 2. The molecule has 0 saturated heterocycles. The van der Waals surface area contributed by atoms with Crippen LogP contribution in [0.4, 0.5) is 5.69 Å². The van der Waals surface area contributed by atoms with Crippen LogP contribution < -0.4 is 14.8 Å². The molecule has 0 bridgehead atoms. The lowest BCUT2D eigenvalue weighted by Gasteiger charge is -2.12. The number of ether oxygens (including phenoxy) is 1. The lowest BCUT2D eigenvalue weighted by molar-refractivity contribution is -0.121. The second-order valence-corrected chi connectivity index (χ2v) is 7.37. The van der Waals surface area contributed by atoms with E-state index in [1.165, 1.54) is 0 Å². The van der Waals surface area contributed by atoms with Gasteiger partial charge in [0.25, 0.3) is 0 Å². The van der Waals surface area contributed by atoms with Crippen LogP contribution in [-0.2, 0) is 27.8 Å². The Morgan fingerprint density at radius 1 is 1.04 bits per heavy atom. The summed E-state index contributed by atoms with van der Waals surface area (Å²) in [5.41, 5.74) is 2.15. The molecular weight excluding hydrogens is 340 g/mol. The third-order valence-electron chi connectivity index (χ3n) is 3.60. The minimum Gasteiger partial charge on any atom is -0.496 e. The van der Waals surface area contributed by atoms with Crippen molar-refractivity contribution in [2.45, 2.75) is 19.4 Å². The Labute approximate surface area is 148 Å². The highest BCUT2D eigenvalue weighted by molar-refractivity contribution is 7.92. The van der Waals surface area contributed by atoms with E-state index in [0.29, 0.717) is 24.1 Å². The molecule has 0 aliphatic rings. The van der Waals surface area contributed by atoms with Gasteiger partial charge in [0.2, 0.25) is 15.9 Å². The highest BCUT2D eigenvalue weighted by Crippen LogP contribution is 2.19. The van der Waals surface area contributed by atoms with Gasteiger partial charge in [0.05, 0.1) is 19.1 Å². The zero-order valence-electron chi connectivity index (χ0n) is 14.3. The number of para-hydroxylation sites is 2. The molecule has 0 saturated carbocycles. The van der Waals surface area contributed by atoms with Gasteiger partial charge in [-0.2, -0.15) is 0 Å². The summed E-state index contributed by atoms with van der Waals surface area (Å²) in [5, 5.41) is 2.82. The lowest BCUT2D eigenvalue weighted by Crippen LogP contribution is -2.24. The number of aryl methyl sites for hydroxylation is 1.